The largest absolute Gasteiger partial charge is 0.482 e. The highest BCUT2D eigenvalue weighted by molar-refractivity contribution is 5.96. The molecule has 4 rings (SSSR count). The molecular weight excluding hydrogens is 486 g/mol. The van der Waals surface area contributed by atoms with E-state index in [0.717, 1.165) is 92.7 Å². The maximum atomic E-state index is 13.2. The van der Waals surface area contributed by atoms with Crippen LogP contribution in [0.15, 0.2) is 65.5 Å². The van der Waals surface area contributed by atoms with Crippen molar-refractivity contribution in [2.24, 2.45) is 0 Å². The van der Waals surface area contributed by atoms with Gasteiger partial charge in [0, 0.05) is 56.2 Å². The predicted octanol–water partition coefficient (Wildman–Crippen LogP) is 5.88. The summed E-state index contributed by atoms with van der Waals surface area (Å²) in [5.41, 5.74) is 4.32. The zero-order valence-corrected chi connectivity index (χ0v) is 24.2. The number of carbonyl (C=O) groups is 2. The SMILES string of the molecule is CCCCCN(C)C(=O)C1=CC=C2OC3(C=C(c4ccc(C(=O)N(CC)CCC)cc4)C2=CC1)CCNCC3. The number of ether oxygens (including phenoxy) is 1. The number of allylic oxidation sites excluding steroid dienone is 4. The molecule has 1 aromatic carbocycles. The Morgan fingerprint density at radius 1 is 0.923 bits per heavy atom. The Balaban J connectivity index is 1.64. The van der Waals surface area contributed by atoms with Crippen LogP contribution in [0.1, 0.15) is 81.6 Å². The smallest absolute Gasteiger partial charge is 0.253 e. The quantitative estimate of drug-likeness (QED) is 0.383. The minimum atomic E-state index is -0.377. The van der Waals surface area contributed by atoms with Gasteiger partial charge in [0.15, 0.2) is 0 Å². The third-order valence-corrected chi connectivity index (χ3v) is 8.01. The maximum Gasteiger partial charge on any atom is 0.253 e. The molecule has 2 amide bonds. The van der Waals surface area contributed by atoms with Crippen LogP contribution in [0.3, 0.4) is 0 Å². The number of piperidine rings is 1. The molecule has 3 aliphatic rings. The third-order valence-electron chi connectivity index (χ3n) is 8.01. The lowest BCUT2D eigenvalue weighted by atomic mass is 9.82. The number of benzene rings is 1. The van der Waals surface area contributed by atoms with Crippen molar-refractivity contribution in [3.63, 3.8) is 0 Å². The van der Waals surface area contributed by atoms with Crippen LogP contribution in [0.4, 0.5) is 0 Å². The Bertz CT molecular complexity index is 1150. The number of amides is 2. The lowest BCUT2D eigenvalue weighted by Crippen LogP contribution is -2.44. The lowest BCUT2D eigenvalue weighted by Gasteiger charge is -2.41. The molecule has 0 bridgehead atoms. The Kier molecular flexibility index (Phi) is 9.84. The number of hydrogen-bond donors (Lipinski definition) is 1. The van der Waals surface area contributed by atoms with E-state index in [1.165, 1.54) is 0 Å². The van der Waals surface area contributed by atoms with Crippen LogP contribution in [0, 0.1) is 0 Å². The monoisotopic (exact) mass is 531 g/mol. The molecule has 1 spiro atoms. The first-order valence-corrected chi connectivity index (χ1v) is 14.8. The summed E-state index contributed by atoms with van der Waals surface area (Å²) in [5.74, 6) is 0.980. The molecule has 6 heteroatoms. The number of carbonyl (C=O) groups excluding carboxylic acids is 2. The number of unbranched alkanes of at least 4 members (excludes halogenated alkanes) is 2. The molecule has 6 nitrogen and oxygen atoms in total. The second kappa shape index (κ2) is 13.3. The van der Waals surface area contributed by atoms with E-state index in [-0.39, 0.29) is 17.4 Å². The summed E-state index contributed by atoms with van der Waals surface area (Å²) >= 11 is 0. The first-order chi connectivity index (χ1) is 18.9. The summed E-state index contributed by atoms with van der Waals surface area (Å²) in [6.45, 7) is 10.3. The van der Waals surface area contributed by atoms with Crippen LogP contribution in [-0.4, -0.2) is 67.0 Å². The normalized spacial score (nSPS) is 18.1. The van der Waals surface area contributed by atoms with Crippen LogP contribution in [0.2, 0.25) is 0 Å². The fraction of sp³-hybridized carbons (Fsp3) is 0.515. The van der Waals surface area contributed by atoms with Gasteiger partial charge >= 0.3 is 0 Å². The first kappa shape index (κ1) is 28.9. The molecule has 2 aliphatic heterocycles. The summed E-state index contributed by atoms with van der Waals surface area (Å²) in [7, 11) is 1.89. The third kappa shape index (κ3) is 6.73. The highest BCUT2D eigenvalue weighted by atomic mass is 16.5. The van der Waals surface area contributed by atoms with E-state index < -0.39 is 0 Å². The van der Waals surface area contributed by atoms with E-state index in [2.05, 4.69) is 43.4 Å². The van der Waals surface area contributed by atoms with Gasteiger partial charge in [0.25, 0.3) is 5.91 Å². The minimum absolute atomic E-state index is 0.0753. The van der Waals surface area contributed by atoms with Crippen molar-refractivity contribution in [1.29, 1.82) is 0 Å². The van der Waals surface area contributed by atoms with Gasteiger partial charge in [-0.3, -0.25) is 9.59 Å². The van der Waals surface area contributed by atoms with E-state index in [4.69, 9.17) is 4.74 Å². The predicted molar refractivity (Wildman–Crippen MR) is 158 cm³/mol. The van der Waals surface area contributed by atoms with Crippen molar-refractivity contribution in [3.8, 4) is 0 Å². The van der Waals surface area contributed by atoms with E-state index in [9.17, 15) is 9.59 Å². The van der Waals surface area contributed by atoms with E-state index in [1.807, 2.05) is 48.1 Å². The van der Waals surface area contributed by atoms with Gasteiger partial charge in [0.1, 0.15) is 11.4 Å². The summed E-state index contributed by atoms with van der Waals surface area (Å²) in [4.78, 5) is 30.0. The Morgan fingerprint density at radius 3 is 2.33 bits per heavy atom. The number of nitrogens with zero attached hydrogens (tertiary/aromatic N) is 2. The lowest BCUT2D eigenvalue weighted by molar-refractivity contribution is -0.126. The minimum Gasteiger partial charge on any atom is -0.482 e. The van der Waals surface area contributed by atoms with Crippen LogP contribution in [0.5, 0.6) is 0 Å². The van der Waals surface area contributed by atoms with E-state index in [0.29, 0.717) is 18.5 Å². The molecule has 0 atom stereocenters. The molecule has 0 radical (unpaired) electrons. The zero-order valence-electron chi connectivity index (χ0n) is 24.2. The molecule has 0 aromatic heterocycles. The molecule has 1 aliphatic carbocycles. The second-order valence-corrected chi connectivity index (χ2v) is 10.9. The molecule has 2 heterocycles. The van der Waals surface area contributed by atoms with Crippen molar-refractivity contribution in [1.82, 2.24) is 15.1 Å². The Hall–Kier alpha value is -3.12. The molecule has 0 saturated carbocycles. The zero-order chi connectivity index (χ0) is 27.8. The van der Waals surface area contributed by atoms with Gasteiger partial charge in [-0.25, -0.2) is 0 Å². The molecule has 1 N–H and O–H groups in total. The van der Waals surface area contributed by atoms with Crippen LogP contribution >= 0.6 is 0 Å². The molecule has 39 heavy (non-hydrogen) atoms. The summed E-state index contributed by atoms with van der Waals surface area (Å²) in [6, 6.07) is 8.01. The molecule has 210 valence electrons. The van der Waals surface area contributed by atoms with Gasteiger partial charge in [0.05, 0.1) is 0 Å². The topological polar surface area (TPSA) is 61.9 Å². The number of rotatable bonds is 10. The van der Waals surface area contributed by atoms with Gasteiger partial charge < -0.3 is 19.9 Å². The molecule has 1 fully saturated rings. The standard InChI is InChI=1S/C33H45N3O3/c1-5-8-9-23-35(4)31(37)26-14-16-28-29(24-33(18-20-34-21-19-33)39-30(28)17-15-26)25-10-12-27(13-11-25)32(38)36(7-3)22-6-2/h10-13,15-17,24,34H,5-9,14,18-23H2,1-4H3. The van der Waals surface area contributed by atoms with Gasteiger partial charge in [-0.05, 0) is 80.8 Å². The Labute approximate surface area is 234 Å². The van der Waals surface area contributed by atoms with Crippen molar-refractivity contribution in [2.45, 2.75) is 71.3 Å². The fourth-order valence-corrected chi connectivity index (χ4v) is 5.66. The van der Waals surface area contributed by atoms with Crippen molar-refractivity contribution >= 4 is 17.4 Å². The van der Waals surface area contributed by atoms with Gasteiger partial charge in [-0.2, -0.15) is 0 Å². The van der Waals surface area contributed by atoms with Gasteiger partial charge in [-0.1, -0.05) is 44.9 Å². The van der Waals surface area contributed by atoms with Crippen LogP contribution in [-0.2, 0) is 9.53 Å². The molecule has 0 unspecified atom stereocenters. The molecule has 1 aromatic rings. The Morgan fingerprint density at radius 2 is 1.67 bits per heavy atom. The number of nitrogens with one attached hydrogen (secondary N) is 1. The molecular formula is C33H45N3O3. The second-order valence-electron chi connectivity index (χ2n) is 10.9. The van der Waals surface area contributed by atoms with E-state index >= 15 is 0 Å². The van der Waals surface area contributed by atoms with Crippen LogP contribution in [0.25, 0.3) is 5.57 Å². The number of hydrogen-bond acceptors (Lipinski definition) is 4. The highest BCUT2D eigenvalue weighted by Crippen LogP contribution is 2.44. The van der Waals surface area contributed by atoms with Crippen LogP contribution < -0.4 is 5.32 Å². The first-order valence-electron chi connectivity index (χ1n) is 14.8. The van der Waals surface area contributed by atoms with E-state index in [1.54, 1.807) is 0 Å². The molecule has 1 saturated heterocycles. The summed E-state index contributed by atoms with van der Waals surface area (Å²) < 4.78 is 6.70. The highest BCUT2D eigenvalue weighted by Gasteiger charge is 2.38. The number of likely N-dealkylation sites (N-methyl/N-ethyl adjacent to an activating group) is 1. The summed E-state index contributed by atoms with van der Waals surface area (Å²) in [6.07, 6.45) is 14.9. The van der Waals surface area contributed by atoms with Gasteiger partial charge in [0.2, 0.25) is 5.91 Å². The average molecular weight is 532 g/mol. The van der Waals surface area contributed by atoms with Crippen molar-refractivity contribution in [2.75, 3.05) is 39.8 Å². The van der Waals surface area contributed by atoms with Crippen molar-refractivity contribution < 1.29 is 14.3 Å². The fourth-order valence-electron chi connectivity index (χ4n) is 5.66. The van der Waals surface area contributed by atoms with Crippen molar-refractivity contribution in [3.05, 3.63) is 76.6 Å². The average Bonchev–Trinajstić information content (AvgIpc) is 3.18. The summed E-state index contributed by atoms with van der Waals surface area (Å²) in [5, 5.41) is 3.45. The maximum absolute atomic E-state index is 13.2. The number of fused-ring (bicyclic) bond motifs is 1. The van der Waals surface area contributed by atoms with Gasteiger partial charge in [-0.15, -0.1) is 0 Å².